The zero-order chi connectivity index (χ0) is 25.8. The van der Waals surface area contributed by atoms with Crippen LogP contribution in [0.1, 0.15) is 32.2 Å². The molecule has 0 unspecified atom stereocenters. The number of furan rings is 1. The largest absolute Gasteiger partial charge is 0.586 e. The van der Waals surface area contributed by atoms with E-state index in [1.807, 2.05) is 0 Å². The normalized spacial score (nSPS) is 13.1. The van der Waals surface area contributed by atoms with Crippen LogP contribution in [0.2, 0.25) is 0 Å². The number of fused-ring (bicyclic) bond motifs is 1. The van der Waals surface area contributed by atoms with Crippen LogP contribution in [0, 0.1) is 0 Å². The lowest BCUT2D eigenvalue weighted by Gasteiger charge is -2.13. The van der Waals surface area contributed by atoms with Gasteiger partial charge in [-0.3, -0.25) is 14.6 Å². The lowest BCUT2D eigenvalue weighted by molar-refractivity contribution is -0.286. The van der Waals surface area contributed by atoms with Gasteiger partial charge in [0.2, 0.25) is 0 Å². The summed E-state index contributed by atoms with van der Waals surface area (Å²) in [5.74, 6) is -0.465. The zero-order valence-corrected chi connectivity index (χ0v) is 19.2. The van der Waals surface area contributed by atoms with Crippen molar-refractivity contribution in [2.24, 2.45) is 0 Å². The summed E-state index contributed by atoms with van der Waals surface area (Å²) in [7, 11) is 0. The van der Waals surface area contributed by atoms with E-state index < -0.39 is 12.2 Å². The number of nitrogens with zero attached hydrogens (tertiary/aromatic N) is 1. The summed E-state index contributed by atoms with van der Waals surface area (Å²) in [4.78, 5) is 29.5. The number of amides is 2. The van der Waals surface area contributed by atoms with E-state index in [9.17, 15) is 18.4 Å². The number of nitrogens with one attached hydrogen (secondary N) is 3. The first-order chi connectivity index (χ1) is 17.9. The van der Waals surface area contributed by atoms with Crippen molar-refractivity contribution in [3.63, 3.8) is 0 Å². The number of halogens is 2. The summed E-state index contributed by atoms with van der Waals surface area (Å²) in [6.45, 7) is 0.550. The number of pyridine rings is 1. The van der Waals surface area contributed by atoms with Crippen molar-refractivity contribution >= 4 is 23.2 Å². The number of aromatic nitrogens is 1. The maximum atomic E-state index is 13.3. The molecule has 3 N–H and O–H groups in total. The summed E-state index contributed by atoms with van der Waals surface area (Å²) in [5, 5.41) is 8.61. The molecule has 188 valence electrons. The quantitative estimate of drug-likeness (QED) is 0.315. The van der Waals surface area contributed by atoms with E-state index in [0.717, 1.165) is 5.56 Å². The summed E-state index contributed by atoms with van der Waals surface area (Å²) < 4.78 is 40.6. The van der Waals surface area contributed by atoms with Gasteiger partial charge in [0.1, 0.15) is 11.5 Å². The van der Waals surface area contributed by atoms with Crippen LogP contribution in [0.4, 0.5) is 20.2 Å². The Kier molecular flexibility index (Phi) is 6.42. The molecule has 2 amide bonds. The van der Waals surface area contributed by atoms with Gasteiger partial charge in [-0.15, -0.1) is 8.78 Å². The summed E-state index contributed by atoms with van der Waals surface area (Å²) >= 11 is 0. The zero-order valence-electron chi connectivity index (χ0n) is 19.2. The Bertz CT molecular complexity index is 1440. The van der Waals surface area contributed by atoms with Crippen LogP contribution in [-0.2, 0) is 13.1 Å². The topological polar surface area (TPSA) is 115 Å². The molecule has 0 radical (unpaired) electrons. The average molecular weight is 506 g/mol. The molecule has 2 aromatic heterocycles. The van der Waals surface area contributed by atoms with Gasteiger partial charge < -0.3 is 29.8 Å². The van der Waals surface area contributed by atoms with Crippen LogP contribution in [0.15, 0.2) is 83.6 Å². The molecule has 0 aliphatic carbocycles. The molecule has 0 spiro atoms. The Hall–Kier alpha value is -4.93. The fourth-order valence-corrected chi connectivity index (χ4v) is 3.64. The molecule has 11 heteroatoms. The molecule has 2 aromatic carbocycles. The highest BCUT2D eigenvalue weighted by Crippen LogP contribution is 2.42. The standard InChI is InChI=1S/C26H20F2N4O5/c27-26(28)36-22-8-7-17(13-23(22)37-26)32-24(33)19-5-1-2-6-20(19)30-14-16-9-10-29-21(12-16)25(34)31-15-18-4-3-11-35-18/h1-13,30H,14-15H2,(H,31,34)(H,32,33). The minimum Gasteiger partial charge on any atom is -0.467 e. The van der Waals surface area contributed by atoms with Crippen molar-refractivity contribution in [1.29, 1.82) is 0 Å². The molecule has 5 rings (SSSR count). The van der Waals surface area contributed by atoms with Gasteiger partial charge >= 0.3 is 6.29 Å². The minimum absolute atomic E-state index is 0.114. The molecular weight excluding hydrogens is 486 g/mol. The summed E-state index contributed by atoms with van der Waals surface area (Å²) in [6, 6.07) is 17.7. The van der Waals surface area contributed by atoms with Gasteiger partial charge in [0.05, 0.1) is 18.4 Å². The van der Waals surface area contributed by atoms with Crippen LogP contribution in [0.25, 0.3) is 0 Å². The van der Waals surface area contributed by atoms with Crippen molar-refractivity contribution in [1.82, 2.24) is 10.3 Å². The first-order valence-corrected chi connectivity index (χ1v) is 11.2. The molecule has 37 heavy (non-hydrogen) atoms. The number of carbonyl (C=O) groups is 2. The van der Waals surface area contributed by atoms with Crippen molar-refractivity contribution in [3.8, 4) is 11.5 Å². The minimum atomic E-state index is -3.74. The highest BCUT2D eigenvalue weighted by Gasteiger charge is 2.43. The average Bonchev–Trinajstić information content (AvgIpc) is 3.52. The highest BCUT2D eigenvalue weighted by molar-refractivity contribution is 6.08. The molecule has 9 nitrogen and oxygen atoms in total. The van der Waals surface area contributed by atoms with Crippen LogP contribution < -0.4 is 25.4 Å². The van der Waals surface area contributed by atoms with Gasteiger partial charge in [-0.05, 0) is 54.1 Å². The smallest absolute Gasteiger partial charge is 0.467 e. The molecule has 0 saturated heterocycles. The van der Waals surface area contributed by atoms with Gasteiger partial charge in [-0.2, -0.15) is 0 Å². The molecule has 0 fully saturated rings. The van der Waals surface area contributed by atoms with E-state index in [4.69, 9.17) is 4.42 Å². The molecule has 1 aliphatic heterocycles. The molecule has 0 saturated carbocycles. The van der Waals surface area contributed by atoms with Gasteiger partial charge in [0.25, 0.3) is 11.8 Å². The van der Waals surface area contributed by atoms with Crippen molar-refractivity contribution in [2.75, 3.05) is 10.6 Å². The van der Waals surface area contributed by atoms with Gasteiger partial charge in [-0.1, -0.05) is 12.1 Å². The maximum Gasteiger partial charge on any atom is 0.586 e. The number of anilines is 2. The fourth-order valence-electron chi connectivity index (χ4n) is 3.64. The Balaban J connectivity index is 1.23. The number of alkyl halides is 2. The predicted octanol–water partition coefficient (Wildman–Crippen LogP) is 4.79. The number of benzene rings is 2. The van der Waals surface area contributed by atoms with E-state index in [2.05, 4.69) is 30.4 Å². The van der Waals surface area contributed by atoms with Crippen molar-refractivity contribution < 1.29 is 32.3 Å². The van der Waals surface area contributed by atoms with Crippen LogP contribution in [0.5, 0.6) is 11.5 Å². The lowest BCUT2D eigenvalue weighted by Crippen LogP contribution is -2.25. The van der Waals surface area contributed by atoms with Crippen LogP contribution >= 0.6 is 0 Å². The first kappa shape index (κ1) is 23.8. The Morgan fingerprint density at radius 2 is 1.73 bits per heavy atom. The Morgan fingerprint density at radius 3 is 2.57 bits per heavy atom. The van der Waals surface area contributed by atoms with Crippen molar-refractivity contribution in [2.45, 2.75) is 19.4 Å². The Morgan fingerprint density at radius 1 is 0.892 bits per heavy atom. The monoisotopic (exact) mass is 506 g/mol. The molecule has 3 heterocycles. The molecule has 4 aromatic rings. The second-order valence-electron chi connectivity index (χ2n) is 7.99. The van der Waals surface area contributed by atoms with E-state index >= 15 is 0 Å². The van der Waals surface area contributed by atoms with E-state index in [1.54, 1.807) is 48.5 Å². The molecule has 1 aliphatic rings. The van der Waals surface area contributed by atoms with Crippen molar-refractivity contribution in [3.05, 3.63) is 102 Å². The van der Waals surface area contributed by atoms with Gasteiger partial charge in [0, 0.05) is 30.2 Å². The number of rotatable bonds is 8. The maximum absolute atomic E-state index is 13.3. The second kappa shape index (κ2) is 9.97. The van der Waals surface area contributed by atoms with E-state index in [0.29, 0.717) is 23.6 Å². The van der Waals surface area contributed by atoms with E-state index in [1.165, 1.54) is 30.7 Å². The third-order valence-electron chi connectivity index (χ3n) is 5.37. The summed E-state index contributed by atoms with van der Waals surface area (Å²) in [6.07, 6.45) is -0.685. The molecular formula is C26H20F2N4O5. The molecule has 0 bridgehead atoms. The second-order valence-corrected chi connectivity index (χ2v) is 7.99. The number of carbonyl (C=O) groups excluding carboxylic acids is 2. The number of ether oxygens (including phenoxy) is 2. The van der Waals surface area contributed by atoms with Gasteiger partial charge in [-0.25, -0.2) is 0 Å². The SMILES string of the molecule is O=C(NCc1ccco1)c1cc(CNc2ccccc2C(=O)Nc2ccc3c(c2)OC(F)(F)O3)ccn1. The first-order valence-electron chi connectivity index (χ1n) is 11.2. The third-order valence-corrected chi connectivity index (χ3v) is 5.37. The summed E-state index contributed by atoms with van der Waals surface area (Å²) in [5.41, 5.74) is 2.14. The number of hydrogen-bond acceptors (Lipinski definition) is 7. The van der Waals surface area contributed by atoms with E-state index in [-0.39, 0.29) is 35.3 Å². The lowest BCUT2D eigenvalue weighted by atomic mass is 10.1. The van der Waals surface area contributed by atoms with Crippen LogP contribution in [-0.4, -0.2) is 23.1 Å². The van der Waals surface area contributed by atoms with Crippen LogP contribution in [0.3, 0.4) is 0 Å². The Labute approximate surface area is 209 Å². The number of para-hydroxylation sites is 1. The fraction of sp³-hybridized carbons (Fsp3) is 0.115. The molecule has 0 atom stereocenters. The highest BCUT2D eigenvalue weighted by atomic mass is 19.3. The predicted molar refractivity (Wildman–Crippen MR) is 128 cm³/mol. The van der Waals surface area contributed by atoms with Gasteiger partial charge in [0.15, 0.2) is 11.5 Å². The number of hydrogen-bond donors (Lipinski definition) is 3. The third kappa shape index (κ3) is 5.67.